The number of carbonyl (C=O) groups is 2. The summed E-state index contributed by atoms with van der Waals surface area (Å²) in [7, 11) is -3.66. The summed E-state index contributed by atoms with van der Waals surface area (Å²) < 4.78 is 52.8. The molecule has 1 fully saturated rings. The average molecular weight is 462 g/mol. The standard InChI is InChI=1S/C21H20F2N4O4S/c1-32(30,31)25-19(28)14-2-4-17(5-3-14)27-9-6-15-12-16(13-24-18(15)27)20(29)26-10-7-21(22,23)8-11-26/h2-6,9,12-13H,7-8,10-11H2,1H3,(H,25,28). The van der Waals surface area contributed by atoms with Gasteiger partial charge < -0.3 is 9.47 Å². The smallest absolute Gasteiger partial charge is 0.264 e. The highest BCUT2D eigenvalue weighted by molar-refractivity contribution is 7.89. The minimum absolute atomic E-state index is 0.00411. The number of nitrogens with one attached hydrogen (secondary N) is 1. The van der Waals surface area contributed by atoms with Gasteiger partial charge >= 0.3 is 0 Å². The summed E-state index contributed by atoms with van der Waals surface area (Å²) in [6.45, 7) is 0.00822. The second-order valence-corrected chi connectivity index (χ2v) is 9.47. The molecule has 0 bridgehead atoms. The van der Waals surface area contributed by atoms with Gasteiger partial charge in [-0.05, 0) is 36.4 Å². The van der Waals surface area contributed by atoms with Gasteiger partial charge in [-0.3, -0.25) is 9.59 Å². The molecule has 2 amide bonds. The molecule has 1 aliphatic rings. The van der Waals surface area contributed by atoms with Crippen LogP contribution in [0.2, 0.25) is 0 Å². The lowest BCUT2D eigenvalue weighted by atomic mass is 10.1. The first-order chi connectivity index (χ1) is 15.0. The quantitative estimate of drug-likeness (QED) is 0.642. The van der Waals surface area contributed by atoms with Crippen LogP contribution in [0.5, 0.6) is 0 Å². The zero-order valence-electron chi connectivity index (χ0n) is 17.1. The van der Waals surface area contributed by atoms with E-state index in [1.807, 2.05) is 4.72 Å². The van der Waals surface area contributed by atoms with Gasteiger partial charge in [0.1, 0.15) is 5.65 Å². The van der Waals surface area contributed by atoms with Crippen LogP contribution in [0.15, 0.2) is 48.8 Å². The van der Waals surface area contributed by atoms with Crippen LogP contribution in [-0.2, 0) is 10.0 Å². The number of piperidine rings is 1. The molecule has 168 valence electrons. The Morgan fingerprint density at radius 2 is 1.72 bits per heavy atom. The molecule has 0 aliphatic carbocycles. The van der Waals surface area contributed by atoms with Gasteiger partial charge in [-0.2, -0.15) is 0 Å². The fraction of sp³-hybridized carbons (Fsp3) is 0.286. The Bertz CT molecular complexity index is 1290. The first-order valence-corrected chi connectivity index (χ1v) is 11.7. The topological polar surface area (TPSA) is 101 Å². The molecule has 3 aromatic rings. The molecule has 11 heteroatoms. The molecule has 4 rings (SSSR count). The summed E-state index contributed by atoms with van der Waals surface area (Å²) in [6.07, 6.45) is 3.38. The maximum Gasteiger partial charge on any atom is 0.264 e. The number of rotatable bonds is 4. The lowest BCUT2D eigenvalue weighted by molar-refractivity contribution is -0.0494. The van der Waals surface area contributed by atoms with Crippen molar-refractivity contribution in [1.82, 2.24) is 19.2 Å². The Labute approximate surface area is 182 Å². The Kier molecular flexibility index (Phi) is 5.45. The van der Waals surface area contributed by atoms with Gasteiger partial charge in [0, 0.05) is 55.0 Å². The van der Waals surface area contributed by atoms with E-state index in [0.717, 1.165) is 6.26 Å². The van der Waals surface area contributed by atoms with E-state index in [9.17, 15) is 26.8 Å². The number of pyridine rings is 1. The summed E-state index contributed by atoms with van der Waals surface area (Å²) in [5.41, 5.74) is 1.76. The first kappa shape index (κ1) is 21.9. The molecule has 1 N–H and O–H groups in total. The highest BCUT2D eigenvalue weighted by Crippen LogP contribution is 2.29. The van der Waals surface area contributed by atoms with Crippen molar-refractivity contribution >= 4 is 32.9 Å². The number of alkyl halides is 2. The maximum atomic E-state index is 13.4. The summed E-state index contributed by atoms with van der Waals surface area (Å²) in [5, 5.41) is 0.692. The van der Waals surface area contributed by atoms with E-state index in [1.54, 1.807) is 35.0 Å². The first-order valence-electron chi connectivity index (χ1n) is 9.79. The number of hydrogen-bond donors (Lipinski definition) is 1. The van der Waals surface area contributed by atoms with Crippen LogP contribution >= 0.6 is 0 Å². The zero-order chi connectivity index (χ0) is 23.1. The molecule has 3 heterocycles. The minimum Gasteiger partial charge on any atom is -0.338 e. The molecule has 1 aromatic carbocycles. The molecule has 0 atom stereocenters. The molecular weight excluding hydrogens is 442 g/mol. The number of hydrogen-bond acceptors (Lipinski definition) is 5. The van der Waals surface area contributed by atoms with Crippen molar-refractivity contribution < 1.29 is 26.8 Å². The predicted octanol–water partition coefficient (Wildman–Crippen LogP) is 2.59. The summed E-state index contributed by atoms with van der Waals surface area (Å²) >= 11 is 0. The summed E-state index contributed by atoms with van der Waals surface area (Å²) in [6, 6.07) is 9.71. The Hall–Kier alpha value is -3.34. The second-order valence-electron chi connectivity index (χ2n) is 7.72. The van der Waals surface area contributed by atoms with Gasteiger partial charge in [0.05, 0.1) is 11.8 Å². The third-order valence-corrected chi connectivity index (χ3v) is 5.80. The molecule has 0 spiro atoms. The molecule has 2 aromatic heterocycles. The van der Waals surface area contributed by atoms with E-state index < -0.39 is 21.9 Å². The highest BCUT2D eigenvalue weighted by Gasteiger charge is 2.35. The van der Waals surface area contributed by atoms with Gasteiger partial charge in [-0.15, -0.1) is 0 Å². The van der Waals surface area contributed by atoms with E-state index >= 15 is 0 Å². The number of sulfonamides is 1. The lowest BCUT2D eigenvalue weighted by Crippen LogP contribution is -2.42. The molecule has 0 unspecified atom stereocenters. The van der Waals surface area contributed by atoms with E-state index in [-0.39, 0.29) is 37.4 Å². The number of likely N-dealkylation sites (tertiary alicyclic amines) is 1. The fourth-order valence-electron chi connectivity index (χ4n) is 3.57. The Morgan fingerprint density at radius 1 is 1.06 bits per heavy atom. The Balaban J connectivity index is 1.54. The monoisotopic (exact) mass is 462 g/mol. The van der Waals surface area contributed by atoms with Gasteiger partial charge in [-0.25, -0.2) is 26.9 Å². The fourth-order valence-corrected chi connectivity index (χ4v) is 4.02. The predicted molar refractivity (Wildman–Crippen MR) is 113 cm³/mol. The molecule has 32 heavy (non-hydrogen) atoms. The van der Waals surface area contributed by atoms with Crippen LogP contribution in [0, 0.1) is 0 Å². The van der Waals surface area contributed by atoms with Gasteiger partial charge in [0.15, 0.2) is 0 Å². The van der Waals surface area contributed by atoms with Crippen molar-refractivity contribution in [2.24, 2.45) is 0 Å². The van der Waals surface area contributed by atoms with Crippen LogP contribution in [0.1, 0.15) is 33.6 Å². The van der Waals surface area contributed by atoms with E-state index in [2.05, 4.69) is 4.98 Å². The van der Waals surface area contributed by atoms with Crippen LogP contribution in [0.25, 0.3) is 16.7 Å². The number of fused-ring (bicyclic) bond motifs is 1. The van der Waals surface area contributed by atoms with Crippen LogP contribution < -0.4 is 4.72 Å². The highest BCUT2D eigenvalue weighted by atomic mass is 32.2. The largest absolute Gasteiger partial charge is 0.338 e. The number of aromatic nitrogens is 2. The van der Waals surface area contributed by atoms with Crippen molar-refractivity contribution in [2.45, 2.75) is 18.8 Å². The summed E-state index contributed by atoms with van der Waals surface area (Å²) in [4.78, 5) is 30.4. The van der Waals surface area contributed by atoms with E-state index in [4.69, 9.17) is 0 Å². The second kappa shape index (κ2) is 7.97. The lowest BCUT2D eigenvalue weighted by Gasteiger charge is -2.31. The molecule has 0 saturated carbocycles. The van der Waals surface area contributed by atoms with E-state index in [1.165, 1.54) is 23.2 Å². The minimum atomic E-state index is -3.66. The van der Waals surface area contributed by atoms with Crippen LogP contribution in [-0.4, -0.2) is 60.0 Å². The number of halogens is 2. The van der Waals surface area contributed by atoms with E-state index in [0.29, 0.717) is 22.3 Å². The average Bonchev–Trinajstić information content (AvgIpc) is 3.15. The SMILES string of the molecule is CS(=O)(=O)NC(=O)c1ccc(-n2ccc3cc(C(=O)N4CCC(F)(F)CC4)cnc32)cc1. The molecular formula is C21H20F2N4O4S. The number of benzene rings is 1. The van der Waals surface area contributed by atoms with Gasteiger partial charge in [-0.1, -0.05) is 0 Å². The third kappa shape index (κ3) is 4.62. The van der Waals surface area contributed by atoms with Crippen molar-refractivity contribution in [3.63, 3.8) is 0 Å². The van der Waals surface area contributed by atoms with Crippen molar-refractivity contribution in [1.29, 1.82) is 0 Å². The van der Waals surface area contributed by atoms with Crippen molar-refractivity contribution in [3.8, 4) is 5.69 Å². The van der Waals surface area contributed by atoms with Crippen molar-refractivity contribution in [2.75, 3.05) is 19.3 Å². The van der Waals surface area contributed by atoms with Crippen LogP contribution in [0.4, 0.5) is 8.78 Å². The summed E-state index contributed by atoms with van der Waals surface area (Å²) in [5.74, 6) is -3.78. The van der Waals surface area contributed by atoms with Gasteiger partial charge in [0.2, 0.25) is 10.0 Å². The Morgan fingerprint density at radius 3 is 2.34 bits per heavy atom. The molecule has 1 aliphatic heterocycles. The molecule has 0 radical (unpaired) electrons. The van der Waals surface area contributed by atoms with Crippen LogP contribution in [0.3, 0.4) is 0 Å². The molecule has 1 saturated heterocycles. The van der Waals surface area contributed by atoms with Crippen molar-refractivity contribution in [3.05, 3.63) is 59.9 Å². The zero-order valence-corrected chi connectivity index (χ0v) is 17.9. The van der Waals surface area contributed by atoms with Gasteiger partial charge in [0.25, 0.3) is 17.7 Å². The maximum absolute atomic E-state index is 13.4. The third-order valence-electron chi connectivity index (χ3n) is 5.24. The number of carbonyl (C=O) groups excluding carboxylic acids is 2. The number of nitrogens with zero attached hydrogens (tertiary/aromatic N) is 3. The normalized spacial score (nSPS) is 16.2. The number of amides is 2. The molecule has 8 nitrogen and oxygen atoms in total.